The number of hydrogen-bond acceptors (Lipinski definition) is 5. The Kier molecular flexibility index (Phi) is 6.74. The van der Waals surface area contributed by atoms with E-state index < -0.39 is 11.4 Å². The van der Waals surface area contributed by atoms with E-state index in [0.717, 1.165) is 11.3 Å². The molecule has 6 nitrogen and oxygen atoms in total. The number of nitrogens with one attached hydrogen (secondary N) is 1. The molecule has 3 aromatic carbocycles. The number of benzene rings is 3. The van der Waals surface area contributed by atoms with E-state index in [4.69, 9.17) is 16.3 Å². The standard InChI is InChI=1S/C25H21ClN2O4S/c1-28-22-12-7-18(25(30)27-15-17-5-10-20(32-2)11-6-17)14-21(22)24(29)23(33(28)31)13-16-3-8-19(26)9-4-16/h3-14H,15H2,1-2H3,(H,27,30)/b23-13-. The highest BCUT2D eigenvalue weighted by Gasteiger charge is 2.38. The molecule has 8 heteroatoms. The summed E-state index contributed by atoms with van der Waals surface area (Å²) in [6.45, 7) is 0.333. The number of hydrogen-bond donors (Lipinski definition) is 1. The highest BCUT2D eigenvalue weighted by molar-refractivity contribution is 7.97. The first kappa shape index (κ1) is 22.9. The van der Waals surface area contributed by atoms with E-state index in [1.807, 2.05) is 24.3 Å². The van der Waals surface area contributed by atoms with Gasteiger partial charge in [-0.2, -0.15) is 4.31 Å². The zero-order chi connectivity index (χ0) is 23.5. The average Bonchev–Trinajstić information content (AvgIpc) is 2.85. The van der Waals surface area contributed by atoms with Crippen LogP contribution in [0.3, 0.4) is 0 Å². The monoisotopic (exact) mass is 480 g/mol. The first-order valence-electron chi connectivity index (χ1n) is 10.1. The third kappa shape index (κ3) is 4.90. The lowest BCUT2D eigenvalue weighted by molar-refractivity contribution is 0.0951. The van der Waals surface area contributed by atoms with E-state index in [2.05, 4.69) is 5.32 Å². The number of nitrogens with zero attached hydrogens (tertiary/aromatic N) is 1. The maximum Gasteiger partial charge on any atom is 0.251 e. The summed E-state index contributed by atoms with van der Waals surface area (Å²) >= 11 is 4.26. The van der Waals surface area contributed by atoms with Gasteiger partial charge < -0.3 is 14.6 Å². The molecule has 1 unspecified atom stereocenters. The number of carbonyl (C=O) groups is 2. The quantitative estimate of drug-likeness (QED) is 0.426. The number of fused-ring (bicyclic) bond motifs is 1. The maximum atomic E-state index is 13.2. The summed E-state index contributed by atoms with van der Waals surface area (Å²) in [6.07, 6.45) is 1.59. The van der Waals surface area contributed by atoms with E-state index in [1.54, 1.807) is 62.7 Å². The summed E-state index contributed by atoms with van der Waals surface area (Å²) in [5, 5.41) is 3.43. The molecule has 1 amide bonds. The predicted octanol–water partition coefficient (Wildman–Crippen LogP) is 4.62. The fraction of sp³-hybridized carbons (Fsp3) is 0.120. The van der Waals surface area contributed by atoms with Gasteiger partial charge in [0, 0.05) is 23.2 Å². The molecule has 1 heterocycles. The molecule has 1 aliphatic rings. The van der Waals surface area contributed by atoms with Crippen molar-refractivity contribution in [3.05, 3.63) is 98.9 Å². The van der Waals surface area contributed by atoms with Crippen LogP contribution in [0.4, 0.5) is 5.69 Å². The molecular formula is C25H21ClN2O4S. The zero-order valence-electron chi connectivity index (χ0n) is 18.0. The average molecular weight is 481 g/mol. The number of carbonyl (C=O) groups excluding carboxylic acids is 2. The van der Waals surface area contributed by atoms with E-state index in [9.17, 15) is 14.1 Å². The van der Waals surface area contributed by atoms with Crippen LogP contribution in [0.15, 0.2) is 71.6 Å². The van der Waals surface area contributed by atoms with Crippen LogP contribution in [-0.2, 0) is 17.9 Å². The first-order valence-corrected chi connectivity index (χ1v) is 11.6. The van der Waals surface area contributed by atoms with E-state index >= 15 is 0 Å². The van der Waals surface area contributed by atoms with Gasteiger partial charge in [-0.3, -0.25) is 9.59 Å². The van der Waals surface area contributed by atoms with Gasteiger partial charge >= 0.3 is 0 Å². The van der Waals surface area contributed by atoms with E-state index in [-0.39, 0.29) is 16.6 Å². The van der Waals surface area contributed by atoms with Crippen LogP contribution >= 0.6 is 11.6 Å². The number of halogens is 1. The lowest BCUT2D eigenvalue weighted by Gasteiger charge is -2.29. The molecule has 0 spiro atoms. The molecular weight excluding hydrogens is 460 g/mol. The molecule has 0 radical (unpaired) electrons. The molecule has 33 heavy (non-hydrogen) atoms. The van der Waals surface area contributed by atoms with Gasteiger partial charge in [-0.1, -0.05) is 35.9 Å². The van der Waals surface area contributed by atoms with Gasteiger partial charge in [0.2, 0.25) is 10.7 Å². The van der Waals surface area contributed by atoms with Gasteiger partial charge in [0.25, 0.3) is 5.91 Å². The highest BCUT2D eigenvalue weighted by atomic mass is 35.5. The second-order valence-electron chi connectivity index (χ2n) is 7.40. The van der Waals surface area contributed by atoms with Crippen LogP contribution in [0.2, 0.25) is 5.02 Å². The topological polar surface area (TPSA) is 81.7 Å². The van der Waals surface area contributed by atoms with Crippen molar-refractivity contribution in [2.45, 2.75) is 6.54 Å². The third-order valence-electron chi connectivity index (χ3n) is 5.28. The Morgan fingerprint density at radius 2 is 1.82 bits per heavy atom. The van der Waals surface area contributed by atoms with Crippen LogP contribution in [0.25, 0.3) is 6.08 Å². The maximum absolute atomic E-state index is 13.2. The summed E-state index contributed by atoms with van der Waals surface area (Å²) < 4.78 is 19.6. The second kappa shape index (κ2) is 9.70. The number of rotatable bonds is 5. The summed E-state index contributed by atoms with van der Waals surface area (Å²) in [4.78, 5) is 26.1. The van der Waals surface area contributed by atoms with Crippen molar-refractivity contribution < 1.29 is 18.9 Å². The SMILES string of the molecule is COc1ccc(CNC(=O)c2ccc3c(c2)C(=O)/C(=C/c2ccc(Cl)cc2)[S+]([O-])N3C)cc1. The molecule has 0 saturated carbocycles. The van der Waals surface area contributed by atoms with E-state index in [0.29, 0.717) is 33.9 Å². The van der Waals surface area contributed by atoms with Crippen molar-refractivity contribution >= 4 is 46.4 Å². The van der Waals surface area contributed by atoms with Gasteiger partial charge in [0.15, 0.2) is 0 Å². The lowest BCUT2D eigenvalue weighted by Crippen LogP contribution is -2.36. The van der Waals surface area contributed by atoms with Crippen LogP contribution in [0.5, 0.6) is 5.75 Å². The molecule has 3 aromatic rings. The van der Waals surface area contributed by atoms with Gasteiger partial charge in [-0.15, -0.1) is 0 Å². The predicted molar refractivity (Wildman–Crippen MR) is 131 cm³/mol. The molecule has 168 valence electrons. The van der Waals surface area contributed by atoms with Crippen LogP contribution in [-0.4, -0.2) is 30.4 Å². The molecule has 0 aliphatic carbocycles. The van der Waals surface area contributed by atoms with Crippen molar-refractivity contribution in [1.82, 2.24) is 5.32 Å². The van der Waals surface area contributed by atoms with E-state index in [1.165, 1.54) is 4.31 Å². The molecule has 4 rings (SSSR count). The highest BCUT2D eigenvalue weighted by Crippen LogP contribution is 2.35. The summed E-state index contributed by atoms with van der Waals surface area (Å²) in [5.41, 5.74) is 2.82. The van der Waals surface area contributed by atoms with Crippen molar-refractivity contribution in [2.75, 3.05) is 18.5 Å². The molecule has 1 atom stereocenters. The smallest absolute Gasteiger partial charge is 0.251 e. The summed E-state index contributed by atoms with van der Waals surface area (Å²) in [5.74, 6) is 0.0578. The van der Waals surface area contributed by atoms with Crippen molar-refractivity contribution in [2.24, 2.45) is 0 Å². The van der Waals surface area contributed by atoms with Gasteiger partial charge in [0.1, 0.15) is 17.1 Å². The minimum atomic E-state index is -1.67. The molecule has 0 bridgehead atoms. The fourth-order valence-corrected chi connectivity index (χ4v) is 4.70. The van der Waals surface area contributed by atoms with Crippen molar-refractivity contribution in [3.8, 4) is 5.75 Å². The van der Waals surface area contributed by atoms with Crippen LogP contribution < -0.4 is 14.4 Å². The molecule has 0 fully saturated rings. The van der Waals surface area contributed by atoms with Gasteiger partial charge in [-0.25, -0.2) is 0 Å². The molecule has 0 aromatic heterocycles. The number of ether oxygens (including phenoxy) is 1. The normalized spacial score (nSPS) is 16.5. The van der Waals surface area contributed by atoms with Crippen LogP contribution in [0, 0.1) is 0 Å². The van der Waals surface area contributed by atoms with Crippen molar-refractivity contribution in [3.63, 3.8) is 0 Å². The molecule has 1 aliphatic heterocycles. The fourth-order valence-electron chi connectivity index (χ4n) is 3.44. The lowest BCUT2D eigenvalue weighted by atomic mass is 10.0. The molecule has 1 N–H and O–H groups in total. The number of ketones is 1. The minimum absolute atomic E-state index is 0.142. The second-order valence-corrected chi connectivity index (χ2v) is 9.32. The summed E-state index contributed by atoms with van der Waals surface area (Å²) in [7, 11) is 3.25. The first-order chi connectivity index (χ1) is 15.9. The minimum Gasteiger partial charge on any atom is -0.588 e. The number of allylic oxidation sites excluding steroid dienone is 1. The zero-order valence-corrected chi connectivity index (χ0v) is 19.6. The largest absolute Gasteiger partial charge is 0.588 e. The Bertz CT molecular complexity index is 1230. The number of anilines is 1. The molecule has 0 saturated heterocycles. The Balaban J connectivity index is 1.57. The van der Waals surface area contributed by atoms with Gasteiger partial charge in [-0.05, 0) is 53.6 Å². The Morgan fingerprint density at radius 1 is 1.12 bits per heavy atom. The Morgan fingerprint density at radius 3 is 2.48 bits per heavy atom. The third-order valence-corrected chi connectivity index (χ3v) is 6.91. The Hall–Kier alpha value is -3.26. The number of Topliss-reactive ketones (excluding diaryl/α,β-unsaturated/α-hetero) is 1. The summed E-state index contributed by atoms with van der Waals surface area (Å²) in [6, 6.07) is 19.1. The van der Waals surface area contributed by atoms with Crippen LogP contribution in [0.1, 0.15) is 31.8 Å². The van der Waals surface area contributed by atoms with Gasteiger partial charge in [0.05, 0.1) is 25.4 Å². The number of amides is 1. The van der Waals surface area contributed by atoms with Crippen molar-refractivity contribution in [1.29, 1.82) is 0 Å². The number of methoxy groups -OCH3 is 1. The Labute approximate surface area is 200 Å².